The third kappa shape index (κ3) is 5.14. The van der Waals surface area contributed by atoms with Gasteiger partial charge in [-0.05, 0) is 48.6 Å². The predicted octanol–water partition coefficient (Wildman–Crippen LogP) is 2.81. The smallest absolute Gasteiger partial charge is 0.256 e. The summed E-state index contributed by atoms with van der Waals surface area (Å²) in [5.41, 5.74) is 1.22. The lowest BCUT2D eigenvalue weighted by molar-refractivity contribution is -0.124. The maximum Gasteiger partial charge on any atom is 0.256 e. The van der Waals surface area contributed by atoms with Crippen LogP contribution in [0.25, 0.3) is 0 Å². The molecule has 0 unspecified atom stereocenters. The van der Waals surface area contributed by atoms with Crippen LogP contribution in [0.2, 0.25) is 5.02 Å². The Morgan fingerprint density at radius 3 is 2.40 bits per heavy atom. The van der Waals surface area contributed by atoms with Crippen LogP contribution in [-0.2, 0) is 14.4 Å². The highest BCUT2D eigenvalue weighted by molar-refractivity contribution is 7.80. The standard InChI is InChI=1S/C21H21ClN4O3S/c1-14(27)23-11-12-25-18(13-19(28)24-16-5-3-2-4-6-16)20(29)26(21(25)30)17-9-7-15(22)8-10-17/h2-10,18H,11-13H2,1H3,(H,23,27)(H,24,28)/t18-/m1/s1. The zero-order valence-electron chi connectivity index (χ0n) is 16.3. The molecule has 156 valence electrons. The number of benzene rings is 2. The van der Waals surface area contributed by atoms with Gasteiger partial charge in [0, 0.05) is 30.7 Å². The van der Waals surface area contributed by atoms with Gasteiger partial charge in [-0.1, -0.05) is 29.8 Å². The zero-order valence-corrected chi connectivity index (χ0v) is 17.9. The first kappa shape index (κ1) is 21.7. The Kier molecular flexibility index (Phi) is 7.02. The molecule has 0 radical (unpaired) electrons. The number of carbonyl (C=O) groups is 3. The summed E-state index contributed by atoms with van der Waals surface area (Å²) in [4.78, 5) is 40.1. The third-order valence-electron chi connectivity index (χ3n) is 4.57. The first-order valence-corrected chi connectivity index (χ1v) is 10.1. The van der Waals surface area contributed by atoms with E-state index in [1.54, 1.807) is 41.3 Å². The van der Waals surface area contributed by atoms with E-state index < -0.39 is 6.04 Å². The number of hydrogen-bond acceptors (Lipinski definition) is 4. The maximum absolute atomic E-state index is 13.2. The molecule has 3 amide bonds. The minimum absolute atomic E-state index is 0.0714. The molecule has 7 nitrogen and oxygen atoms in total. The van der Waals surface area contributed by atoms with Gasteiger partial charge < -0.3 is 15.5 Å². The van der Waals surface area contributed by atoms with Gasteiger partial charge >= 0.3 is 0 Å². The molecule has 0 aromatic heterocycles. The first-order chi connectivity index (χ1) is 14.4. The van der Waals surface area contributed by atoms with E-state index in [0.717, 1.165) is 0 Å². The molecule has 9 heteroatoms. The molecule has 3 rings (SSSR count). The maximum atomic E-state index is 13.2. The Bertz CT molecular complexity index is 952. The van der Waals surface area contributed by atoms with E-state index in [1.807, 2.05) is 18.2 Å². The van der Waals surface area contributed by atoms with Crippen molar-refractivity contribution in [3.05, 3.63) is 59.6 Å². The normalized spacial score (nSPS) is 16.0. The van der Waals surface area contributed by atoms with Crippen LogP contribution in [0.3, 0.4) is 0 Å². The molecule has 1 atom stereocenters. The van der Waals surface area contributed by atoms with E-state index in [1.165, 1.54) is 11.8 Å². The summed E-state index contributed by atoms with van der Waals surface area (Å²) >= 11 is 11.5. The molecule has 2 aromatic rings. The number of carbonyl (C=O) groups excluding carboxylic acids is 3. The number of anilines is 2. The van der Waals surface area contributed by atoms with Crippen molar-refractivity contribution in [3.63, 3.8) is 0 Å². The van der Waals surface area contributed by atoms with E-state index in [4.69, 9.17) is 23.8 Å². The second-order valence-electron chi connectivity index (χ2n) is 6.74. The van der Waals surface area contributed by atoms with Crippen LogP contribution in [0.15, 0.2) is 54.6 Å². The summed E-state index contributed by atoms with van der Waals surface area (Å²) in [6.45, 7) is 2.02. The number of halogens is 1. The van der Waals surface area contributed by atoms with Crippen LogP contribution >= 0.6 is 23.8 Å². The quantitative estimate of drug-likeness (QED) is 0.642. The average Bonchev–Trinajstić information content (AvgIpc) is 2.93. The molecule has 1 fully saturated rings. The lowest BCUT2D eigenvalue weighted by atomic mass is 10.1. The van der Waals surface area contributed by atoms with Gasteiger partial charge in [0.1, 0.15) is 6.04 Å². The Morgan fingerprint density at radius 2 is 1.77 bits per heavy atom. The van der Waals surface area contributed by atoms with Gasteiger partial charge in [0.05, 0.1) is 12.1 Å². The van der Waals surface area contributed by atoms with E-state index in [9.17, 15) is 14.4 Å². The molecule has 0 saturated carbocycles. The summed E-state index contributed by atoms with van der Waals surface area (Å²) < 4.78 is 0. The fourth-order valence-corrected chi connectivity index (χ4v) is 3.72. The van der Waals surface area contributed by atoms with Crippen molar-refractivity contribution in [3.8, 4) is 0 Å². The van der Waals surface area contributed by atoms with Crippen molar-refractivity contribution >= 4 is 58.0 Å². The fraction of sp³-hybridized carbons (Fsp3) is 0.238. The van der Waals surface area contributed by atoms with Gasteiger partial charge in [-0.25, -0.2) is 0 Å². The highest BCUT2D eigenvalue weighted by Gasteiger charge is 2.43. The fourth-order valence-electron chi connectivity index (χ4n) is 3.18. The number of thiocarbonyl (C=S) groups is 1. The monoisotopic (exact) mass is 444 g/mol. The van der Waals surface area contributed by atoms with Crippen LogP contribution in [0.4, 0.5) is 11.4 Å². The molecule has 1 heterocycles. The Hall–Kier alpha value is -2.97. The van der Waals surface area contributed by atoms with Crippen LogP contribution in [0.5, 0.6) is 0 Å². The highest BCUT2D eigenvalue weighted by Crippen LogP contribution is 2.28. The zero-order chi connectivity index (χ0) is 21.7. The largest absolute Gasteiger partial charge is 0.355 e. The summed E-state index contributed by atoms with van der Waals surface area (Å²) in [7, 11) is 0. The van der Waals surface area contributed by atoms with Crippen molar-refractivity contribution in [1.82, 2.24) is 10.2 Å². The van der Waals surface area contributed by atoms with Gasteiger partial charge in [0.2, 0.25) is 11.8 Å². The Labute approximate surface area is 185 Å². The van der Waals surface area contributed by atoms with E-state index in [0.29, 0.717) is 29.5 Å². The minimum Gasteiger partial charge on any atom is -0.355 e. The molecule has 2 aromatic carbocycles. The number of rotatable bonds is 7. The van der Waals surface area contributed by atoms with Crippen LogP contribution in [0, 0.1) is 0 Å². The minimum atomic E-state index is -0.773. The summed E-state index contributed by atoms with van der Waals surface area (Å²) in [5.74, 6) is -0.780. The third-order valence-corrected chi connectivity index (χ3v) is 5.24. The van der Waals surface area contributed by atoms with Crippen molar-refractivity contribution in [2.45, 2.75) is 19.4 Å². The number of para-hydroxylation sites is 1. The van der Waals surface area contributed by atoms with Gasteiger partial charge in [-0.2, -0.15) is 0 Å². The number of hydrogen-bond donors (Lipinski definition) is 2. The van der Waals surface area contributed by atoms with Gasteiger partial charge in [0.25, 0.3) is 5.91 Å². The number of amides is 3. The van der Waals surface area contributed by atoms with Gasteiger partial charge in [-0.3, -0.25) is 19.3 Å². The van der Waals surface area contributed by atoms with E-state index in [-0.39, 0.29) is 29.3 Å². The van der Waals surface area contributed by atoms with Gasteiger partial charge in [-0.15, -0.1) is 0 Å². The van der Waals surface area contributed by atoms with Crippen LogP contribution in [-0.4, -0.2) is 46.9 Å². The molecule has 0 aliphatic carbocycles. The molecule has 1 aliphatic rings. The van der Waals surface area contributed by atoms with Crippen molar-refractivity contribution < 1.29 is 14.4 Å². The predicted molar refractivity (Wildman–Crippen MR) is 120 cm³/mol. The first-order valence-electron chi connectivity index (χ1n) is 9.36. The van der Waals surface area contributed by atoms with Crippen molar-refractivity contribution in [2.75, 3.05) is 23.3 Å². The van der Waals surface area contributed by atoms with E-state index >= 15 is 0 Å². The molecule has 1 saturated heterocycles. The lowest BCUT2D eigenvalue weighted by Gasteiger charge is -2.24. The Morgan fingerprint density at radius 1 is 1.10 bits per heavy atom. The van der Waals surface area contributed by atoms with Crippen LogP contribution in [0.1, 0.15) is 13.3 Å². The molecular weight excluding hydrogens is 424 g/mol. The SMILES string of the molecule is CC(=O)NCCN1C(=S)N(c2ccc(Cl)cc2)C(=O)[C@H]1CC(=O)Nc1ccccc1. The molecule has 2 N–H and O–H groups in total. The molecule has 30 heavy (non-hydrogen) atoms. The summed E-state index contributed by atoms with van der Waals surface area (Å²) in [6, 6.07) is 15.0. The molecule has 1 aliphatic heterocycles. The van der Waals surface area contributed by atoms with E-state index in [2.05, 4.69) is 10.6 Å². The average molecular weight is 445 g/mol. The number of nitrogens with zero attached hydrogens (tertiary/aromatic N) is 2. The second-order valence-corrected chi connectivity index (χ2v) is 7.54. The molecule has 0 spiro atoms. The molecular formula is C21H21ClN4O3S. The van der Waals surface area contributed by atoms with Gasteiger partial charge in [0.15, 0.2) is 5.11 Å². The van der Waals surface area contributed by atoms with Crippen LogP contribution < -0.4 is 15.5 Å². The summed E-state index contributed by atoms with van der Waals surface area (Å²) in [6.07, 6.45) is -0.0714. The molecule has 0 bridgehead atoms. The second kappa shape index (κ2) is 9.69. The Balaban J connectivity index is 1.80. The highest BCUT2D eigenvalue weighted by atomic mass is 35.5. The lowest BCUT2D eigenvalue weighted by Crippen LogP contribution is -2.42. The van der Waals surface area contributed by atoms with Crippen molar-refractivity contribution in [1.29, 1.82) is 0 Å². The topological polar surface area (TPSA) is 81.8 Å². The summed E-state index contributed by atoms with van der Waals surface area (Å²) in [5, 5.41) is 6.31. The van der Waals surface area contributed by atoms with Crippen molar-refractivity contribution in [2.24, 2.45) is 0 Å². The number of nitrogens with one attached hydrogen (secondary N) is 2.